The van der Waals surface area contributed by atoms with E-state index in [2.05, 4.69) is 22.2 Å². The highest BCUT2D eigenvalue weighted by molar-refractivity contribution is 6.26. The summed E-state index contributed by atoms with van der Waals surface area (Å²) in [6, 6.07) is 18.0. The van der Waals surface area contributed by atoms with E-state index in [9.17, 15) is 10.4 Å². The number of aromatic hydroxyl groups is 1. The van der Waals surface area contributed by atoms with Crippen molar-refractivity contribution >= 4 is 43.6 Å². The number of fused-ring (bicyclic) bond motifs is 7. The number of phenolic OH excluding ortho intramolecular Hbond substituents is 1. The number of allylic oxidation sites excluding steroid dienone is 1. The number of hydrogen-bond acceptors (Lipinski definition) is 2. The van der Waals surface area contributed by atoms with Crippen molar-refractivity contribution in [2.24, 2.45) is 0 Å². The molecule has 0 aliphatic carbocycles. The molecule has 0 aliphatic rings. The number of phenols is 1. The van der Waals surface area contributed by atoms with Gasteiger partial charge < -0.3 is 14.7 Å². The predicted octanol–water partition coefficient (Wildman–Crippen LogP) is 5.19. The molecule has 0 saturated heterocycles. The Morgan fingerprint density at radius 2 is 1.81 bits per heavy atom. The maximum Gasteiger partial charge on any atom is 0.144 e. The number of aromatic amines is 1. The van der Waals surface area contributed by atoms with Gasteiger partial charge in [0.05, 0.1) is 16.4 Å². The zero-order valence-electron chi connectivity index (χ0n) is 14.0. The summed E-state index contributed by atoms with van der Waals surface area (Å²) >= 11 is 0. The first kappa shape index (κ1) is 14.6. The van der Waals surface area contributed by atoms with E-state index in [1.807, 2.05) is 54.6 Å². The Labute approximate surface area is 149 Å². The molecule has 0 unspecified atom stereocenters. The molecule has 0 spiro atoms. The van der Waals surface area contributed by atoms with Crippen LogP contribution in [0, 0.1) is 11.3 Å². The van der Waals surface area contributed by atoms with Gasteiger partial charge in [0.1, 0.15) is 17.4 Å². The molecule has 0 saturated carbocycles. The molecule has 0 radical (unpaired) electrons. The Balaban J connectivity index is 2.20. The quantitative estimate of drug-likeness (QED) is 0.435. The van der Waals surface area contributed by atoms with Gasteiger partial charge in [0.2, 0.25) is 0 Å². The van der Waals surface area contributed by atoms with E-state index >= 15 is 0 Å². The van der Waals surface area contributed by atoms with Gasteiger partial charge in [0, 0.05) is 33.7 Å². The van der Waals surface area contributed by atoms with Crippen LogP contribution in [0.5, 0.6) is 5.75 Å². The maximum absolute atomic E-state index is 11.0. The Morgan fingerprint density at radius 3 is 2.58 bits per heavy atom. The first-order chi connectivity index (χ1) is 12.8. The van der Waals surface area contributed by atoms with Crippen molar-refractivity contribution in [2.75, 3.05) is 0 Å². The smallest absolute Gasteiger partial charge is 0.144 e. The summed E-state index contributed by atoms with van der Waals surface area (Å²) in [4.78, 5) is 3.47. The summed E-state index contributed by atoms with van der Waals surface area (Å²) in [7, 11) is 0. The van der Waals surface area contributed by atoms with E-state index < -0.39 is 0 Å². The highest BCUT2D eigenvalue weighted by Gasteiger charge is 2.23. The average Bonchev–Trinajstić information content (AvgIpc) is 3.20. The minimum atomic E-state index is 0.0405. The minimum Gasteiger partial charge on any atom is -0.506 e. The molecule has 0 bridgehead atoms. The number of rotatable bonds is 2. The topological polar surface area (TPSA) is 64.7 Å². The van der Waals surface area contributed by atoms with Gasteiger partial charge in [-0.1, -0.05) is 42.5 Å². The van der Waals surface area contributed by atoms with E-state index in [-0.39, 0.29) is 5.75 Å². The van der Waals surface area contributed by atoms with Crippen LogP contribution in [0.2, 0.25) is 0 Å². The molecule has 2 aromatic heterocycles. The third kappa shape index (κ3) is 1.67. The molecule has 4 nitrogen and oxygen atoms in total. The van der Waals surface area contributed by atoms with Gasteiger partial charge in [0.25, 0.3) is 0 Å². The van der Waals surface area contributed by atoms with Crippen LogP contribution in [0.1, 0.15) is 5.56 Å². The molecule has 5 rings (SSSR count). The lowest BCUT2D eigenvalue weighted by molar-refractivity contribution is 0.481. The summed E-state index contributed by atoms with van der Waals surface area (Å²) in [5.74, 6) is 0.0405. The molecule has 0 amide bonds. The second-order valence-electron chi connectivity index (χ2n) is 6.40. The average molecular weight is 337 g/mol. The van der Waals surface area contributed by atoms with Gasteiger partial charge in [-0.2, -0.15) is 5.26 Å². The molecule has 26 heavy (non-hydrogen) atoms. The highest BCUT2D eigenvalue weighted by atomic mass is 16.3. The Bertz CT molecular complexity index is 1400. The van der Waals surface area contributed by atoms with Crippen LogP contribution in [-0.2, 0) is 6.54 Å². The number of aromatic nitrogens is 2. The molecular formula is C22H15N3O. The van der Waals surface area contributed by atoms with E-state index in [1.54, 1.807) is 0 Å². The van der Waals surface area contributed by atoms with E-state index in [4.69, 9.17) is 0 Å². The van der Waals surface area contributed by atoms with Gasteiger partial charge in [-0.25, -0.2) is 0 Å². The monoisotopic (exact) mass is 337 g/mol. The van der Waals surface area contributed by atoms with Gasteiger partial charge >= 0.3 is 0 Å². The standard InChI is InChI=1S/C22H15N3O/c1-2-11-25-17-10-6-4-8-14(17)19-21(25)20-18(15(12-23)22(19)26)13-7-3-5-9-16(13)24-20/h2-10,24,26H,1,11H2. The number of para-hydroxylation sites is 2. The van der Waals surface area contributed by atoms with Crippen molar-refractivity contribution in [2.45, 2.75) is 6.54 Å². The molecule has 2 N–H and O–H groups in total. The lowest BCUT2D eigenvalue weighted by atomic mass is 10.0. The third-order valence-electron chi connectivity index (χ3n) is 5.06. The number of H-pyrrole nitrogens is 1. The van der Waals surface area contributed by atoms with Crippen LogP contribution in [0.3, 0.4) is 0 Å². The summed E-state index contributed by atoms with van der Waals surface area (Å²) in [5, 5.41) is 24.2. The summed E-state index contributed by atoms with van der Waals surface area (Å²) in [6.07, 6.45) is 1.84. The largest absolute Gasteiger partial charge is 0.506 e. The van der Waals surface area contributed by atoms with Crippen molar-refractivity contribution in [3.8, 4) is 11.8 Å². The van der Waals surface area contributed by atoms with Crippen LogP contribution >= 0.6 is 0 Å². The lowest BCUT2D eigenvalue weighted by Gasteiger charge is -2.07. The fraction of sp³-hybridized carbons (Fsp3) is 0.0455. The number of nitrogens with one attached hydrogen (secondary N) is 1. The zero-order valence-corrected chi connectivity index (χ0v) is 14.0. The molecular weight excluding hydrogens is 322 g/mol. The second-order valence-corrected chi connectivity index (χ2v) is 6.40. The Kier molecular flexibility index (Phi) is 2.89. The molecule has 5 aromatic rings. The van der Waals surface area contributed by atoms with E-state index in [0.29, 0.717) is 17.5 Å². The van der Waals surface area contributed by atoms with Gasteiger partial charge in [-0.05, 0) is 12.1 Å². The predicted molar refractivity (Wildman–Crippen MR) is 105 cm³/mol. The van der Waals surface area contributed by atoms with Crippen molar-refractivity contribution < 1.29 is 5.11 Å². The van der Waals surface area contributed by atoms with Crippen molar-refractivity contribution in [3.05, 3.63) is 66.7 Å². The number of nitrogens with zero attached hydrogens (tertiary/aromatic N) is 2. The highest BCUT2D eigenvalue weighted by Crippen LogP contribution is 2.44. The molecule has 0 fully saturated rings. The third-order valence-corrected chi connectivity index (χ3v) is 5.06. The van der Waals surface area contributed by atoms with Crippen LogP contribution in [0.25, 0.3) is 43.6 Å². The van der Waals surface area contributed by atoms with Gasteiger partial charge in [-0.15, -0.1) is 6.58 Å². The van der Waals surface area contributed by atoms with Crippen LogP contribution in [-0.4, -0.2) is 14.7 Å². The SMILES string of the molecule is C=CCn1c2ccccc2c2c(O)c(C#N)c3c4ccccc4[nH]c3c21. The van der Waals surface area contributed by atoms with Gasteiger partial charge in [0.15, 0.2) is 0 Å². The molecule has 124 valence electrons. The fourth-order valence-corrected chi connectivity index (χ4v) is 4.05. The fourth-order valence-electron chi connectivity index (χ4n) is 4.05. The van der Waals surface area contributed by atoms with Crippen LogP contribution < -0.4 is 0 Å². The van der Waals surface area contributed by atoms with Crippen molar-refractivity contribution in [1.82, 2.24) is 9.55 Å². The lowest BCUT2D eigenvalue weighted by Crippen LogP contribution is -1.95. The summed E-state index contributed by atoms with van der Waals surface area (Å²) < 4.78 is 2.14. The number of benzene rings is 3. The minimum absolute atomic E-state index is 0.0405. The van der Waals surface area contributed by atoms with Crippen LogP contribution in [0.15, 0.2) is 61.2 Å². The van der Waals surface area contributed by atoms with E-state index in [0.717, 1.165) is 38.2 Å². The van der Waals surface area contributed by atoms with Crippen molar-refractivity contribution in [3.63, 3.8) is 0 Å². The van der Waals surface area contributed by atoms with Gasteiger partial charge in [-0.3, -0.25) is 0 Å². The second kappa shape index (κ2) is 5.14. The molecule has 4 heteroatoms. The normalized spacial score (nSPS) is 11.5. The molecule has 2 heterocycles. The molecule has 3 aromatic carbocycles. The molecule has 0 atom stereocenters. The zero-order chi connectivity index (χ0) is 17.8. The maximum atomic E-state index is 11.0. The number of nitriles is 1. The van der Waals surface area contributed by atoms with Crippen LogP contribution in [0.4, 0.5) is 0 Å². The van der Waals surface area contributed by atoms with E-state index in [1.165, 1.54) is 0 Å². The van der Waals surface area contributed by atoms with Crippen molar-refractivity contribution in [1.29, 1.82) is 5.26 Å². The number of hydrogen-bond donors (Lipinski definition) is 2. The Morgan fingerprint density at radius 1 is 1.08 bits per heavy atom. The molecule has 0 aliphatic heterocycles. The first-order valence-electron chi connectivity index (χ1n) is 8.43. The first-order valence-corrected chi connectivity index (χ1v) is 8.43. The summed E-state index contributed by atoms with van der Waals surface area (Å²) in [5.41, 5.74) is 4.03. The summed E-state index contributed by atoms with van der Waals surface area (Å²) in [6.45, 7) is 4.49. The Hall–Kier alpha value is -3.71.